The van der Waals surface area contributed by atoms with Gasteiger partial charge in [-0.2, -0.15) is 9.78 Å². The van der Waals surface area contributed by atoms with Crippen molar-refractivity contribution in [3.63, 3.8) is 0 Å². The monoisotopic (exact) mass is 494 g/mol. The number of anilines is 1. The van der Waals surface area contributed by atoms with E-state index in [9.17, 15) is 14.4 Å². The van der Waals surface area contributed by atoms with Gasteiger partial charge < -0.3 is 15.4 Å². The predicted octanol–water partition coefficient (Wildman–Crippen LogP) is 2.79. The van der Waals surface area contributed by atoms with Gasteiger partial charge in [-0.15, -0.1) is 0 Å². The zero-order valence-corrected chi connectivity index (χ0v) is 21.2. The Morgan fingerprint density at radius 3 is 2.19 bits per heavy atom. The molecule has 0 unspecified atom stereocenters. The molecular weight excluding hydrogens is 460 g/mol. The minimum atomic E-state index is -0.529. The molecule has 0 atom stereocenters. The van der Waals surface area contributed by atoms with Crippen LogP contribution < -0.4 is 10.6 Å². The molecule has 0 saturated heterocycles. The normalized spacial score (nSPS) is 26.0. The Morgan fingerprint density at radius 2 is 1.58 bits per heavy atom. The highest BCUT2D eigenvalue weighted by molar-refractivity contribution is 5.92. The summed E-state index contributed by atoms with van der Waals surface area (Å²) < 4.78 is 6.59. The SMILES string of the molecule is Cc1cc(C)nc(-n2nc(C)cc2NC(=O)COC(=O)CCNC(=O)C23CC4CC(CC(C4)C2)C3)n1. The van der Waals surface area contributed by atoms with Crippen molar-refractivity contribution in [2.45, 2.75) is 65.7 Å². The van der Waals surface area contributed by atoms with E-state index in [1.807, 2.05) is 19.9 Å². The van der Waals surface area contributed by atoms with E-state index >= 15 is 0 Å². The van der Waals surface area contributed by atoms with Crippen molar-refractivity contribution < 1.29 is 19.1 Å². The average Bonchev–Trinajstić information content (AvgIpc) is 3.16. The number of aromatic nitrogens is 4. The summed E-state index contributed by atoms with van der Waals surface area (Å²) in [5, 5.41) is 10.0. The summed E-state index contributed by atoms with van der Waals surface area (Å²) in [6, 6.07) is 3.55. The van der Waals surface area contributed by atoms with Gasteiger partial charge in [-0.05, 0) is 83.1 Å². The van der Waals surface area contributed by atoms with Gasteiger partial charge in [0.25, 0.3) is 11.9 Å². The number of hydrogen-bond acceptors (Lipinski definition) is 7. The molecule has 4 aliphatic carbocycles. The predicted molar refractivity (Wildman–Crippen MR) is 131 cm³/mol. The number of nitrogens with zero attached hydrogens (tertiary/aromatic N) is 4. The highest BCUT2D eigenvalue weighted by atomic mass is 16.5. The molecule has 36 heavy (non-hydrogen) atoms. The Balaban J connectivity index is 1.08. The quantitative estimate of drug-likeness (QED) is 0.540. The summed E-state index contributed by atoms with van der Waals surface area (Å²) in [4.78, 5) is 46.4. The Kier molecular flexibility index (Phi) is 6.53. The zero-order chi connectivity index (χ0) is 25.4. The van der Waals surface area contributed by atoms with Gasteiger partial charge in [0.1, 0.15) is 5.82 Å². The molecule has 4 bridgehead atoms. The summed E-state index contributed by atoms with van der Waals surface area (Å²) in [5.41, 5.74) is 2.01. The summed E-state index contributed by atoms with van der Waals surface area (Å²) in [6.45, 7) is 5.30. The number of ether oxygens (including phenoxy) is 1. The lowest BCUT2D eigenvalue weighted by Gasteiger charge is -2.55. The molecule has 2 aromatic rings. The van der Waals surface area contributed by atoms with Crippen molar-refractivity contribution in [2.75, 3.05) is 18.5 Å². The molecule has 0 aromatic carbocycles. The number of nitrogens with one attached hydrogen (secondary N) is 2. The van der Waals surface area contributed by atoms with E-state index in [1.165, 1.54) is 23.9 Å². The number of esters is 1. The summed E-state index contributed by atoms with van der Waals surface area (Å²) in [6.07, 6.45) is 6.81. The maximum absolute atomic E-state index is 13.0. The molecule has 0 aliphatic heterocycles. The fourth-order valence-corrected chi connectivity index (χ4v) is 6.79. The van der Waals surface area contributed by atoms with E-state index in [2.05, 4.69) is 25.7 Å². The minimum Gasteiger partial charge on any atom is -0.456 e. The van der Waals surface area contributed by atoms with Crippen molar-refractivity contribution in [3.05, 3.63) is 29.2 Å². The van der Waals surface area contributed by atoms with E-state index in [0.29, 0.717) is 35.2 Å². The molecule has 0 spiro atoms. The van der Waals surface area contributed by atoms with Crippen molar-refractivity contribution in [3.8, 4) is 5.95 Å². The van der Waals surface area contributed by atoms with Gasteiger partial charge in [0.05, 0.1) is 12.1 Å². The molecule has 2 aromatic heterocycles. The number of aryl methyl sites for hydroxylation is 3. The van der Waals surface area contributed by atoms with Gasteiger partial charge in [-0.25, -0.2) is 9.97 Å². The smallest absolute Gasteiger partial charge is 0.308 e. The molecule has 10 heteroatoms. The molecule has 10 nitrogen and oxygen atoms in total. The van der Waals surface area contributed by atoms with E-state index in [0.717, 1.165) is 30.7 Å². The van der Waals surface area contributed by atoms with E-state index in [1.54, 1.807) is 13.0 Å². The maximum Gasteiger partial charge on any atom is 0.308 e. The van der Waals surface area contributed by atoms with Crippen molar-refractivity contribution in [1.29, 1.82) is 0 Å². The molecular formula is C26H34N6O4. The fraction of sp³-hybridized carbons (Fsp3) is 0.615. The van der Waals surface area contributed by atoms with Crippen LogP contribution in [0.5, 0.6) is 0 Å². The minimum absolute atomic E-state index is 0.0266. The molecule has 4 fully saturated rings. The van der Waals surface area contributed by atoms with Crippen LogP contribution in [0.25, 0.3) is 5.95 Å². The van der Waals surface area contributed by atoms with Gasteiger partial charge in [0, 0.05) is 29.4 Å². The number of hydrogen-bond donors (Lipinski definition) is 2. The summed E-state index contributed by atoms with van der Waals surface area (Å²) >= 11 is 0. The topological polar surface area (TPSA) is 128 Å². The Bertz CT molecular complexity index is 1130. The van der Waals surface area contributed by atoms with Gasteiger partial charge in [0.15, 0.2) is 6.61 Å². The van der Waals surface area contributed by atoms with Crippen LogP contribution in [0.4, 0.5) is 5.82 Å². The van der Waals surface area contributed by atoms with Crippen LogP contribution in [0, 0.1) is 43.9 Å². The molecule has 0 radical (unpaired) electrons. The summed E-state index contributed by atoms with van der Waals surface area (Å²) in [5.74, 6) is 1.87. The first kappa shape index (κ1) is 24.4. The van der Waals surface area contributed by atoms with Gasteiger partial charge >= 0.3 is 5.97 Å². The number of rotatable bonds is 8. The zero-order valence-electron chi connectivity index (χ0n) is 21.2. The van der Waals surface area contributed by atoms with Crippen molar-refractivity contribution in [1.82, 2.24) is 25.1 Å². The van der Waals surface area contributed by atoms with E-state index in [4.69, 9.17) is 4.74 Å². The molecule has 6 rings (SSSR count). The number of carbonyl (C=O) groups is 3. The van der Waals surface area contributed by atoms with Crippen molar-refractivity contribution in [2.24, 2.45) is 23.2 Å². The molecule has 192 valence electrons. The first-order chi connectivity index (χ1) is 17.2. The van der Waals surface area contributed by atoms with Crippen LogP contribution >= 0.6 is 0 Å². The van der Waals surface area contributed by atoms with Gasteiger partial charge in [0.2, 0.25) is 5.91 Å². The Labute approximate surface area is 210 Å². The maximum atomic E-state index is 13.0. The average molecular weight is 495 g/mol. The van der Waals surface area contributed by atoms with E-state index in [-0.39, 0.29) is 24.3 Å². The lowest BCUT2D eigenvalue weighted by Crippen LogP contribution is -2.53. The highest BCUT2D eigenvalue weighted by Gasteiger charge is 2.54. The molecule has 2 N–H and O–H groups in total. The Morgan fingerprint density at radius 1 is 0.972 bits per heavy atom. The van der Waals surface area contributed by atoms with Crippen LogP contribution in [-0.2, 0) is 19.1 Å². The van der Waals surface area contributed by atoms with E-state index < -0.39 is 18.5 Å². The fourth-order valence-electron chi connectivity index (χ4n) is 6.79. The lowest BCUT2D eigenvalue weighted by molar-refractivity contribution is -0.148. The van der Waals surface area contributed by atoms with Crippen LogP contribution in [-0.4, -0.2) is 50.7 Å². The second-order valence-electron chi connectivity index (χ2n) is 10.9. The third kappa shape index (κ3) is 5.12. The molecule has 2 heterocycles. The standard InChI is InChI=1S/C26H34N6O4/c1-15-6-16(2)29-25(28-15)32-21(7-17(3)31-32)30-22(33)14-36-23(34)4-5-27-24(35)26-11-18-8-19(12-26)10-20(9-18)13-26/h6-7,18-20H,4-5,8-14H2,1-3H3,(H,27,35)(H,30,33). The van der Waals surface area contributed by atoms with Crippen LogP contribution in [0.1, 0.15) is 62.0 Å². The highest BCUT2D eigenvalue weighted by Crippen LogP contribution is 2.60. The lowest BCUT2D eigenvalue weighted by atomic mass is 9.49. The van der Waals surface area contributed by atoms with Crippen LogP contribution in [0.15, 0.2) is 12.1 Å². The largest absolute Gasteiger partial charge is 0.456 e. The van der Waals surface area contributed by atoms with Gasteiger partial charge in [-0.1, -0.05) is 0 Å². The second-order valence-corrected chi connectivity index (χ2v) is 10.9. The molecule has 4 saturated carbocycles. The number of carbonyl (C=O) groups excluding carboxylic acids is 3. The van der Waals surface area contributed by atoms with Crippen LogP contribution in [0.2, 0.25) is 0 Å². The first-order valence-electron chi connectivity index (χ1n) is 12.8. The molecule has 2 amide bonds. The van der Waals surface area contributed by atoms with Gasteiger partial charge in [-0.3, -0.25) is 14.4 Å². The third-order valence-electron chi connectivity index (χ3n) is 7.76. The summed E-state index contributed by atoms with van der Waals surface area (Å²) in [7, 11) is 0. The number of amides is 2. The Hall–Kier alpha value is -3.30. The third-order valence-corrected chi connectivity index (χ3v) is 7.76. The first-order valence-corrected chi connectivity index (χ1v) is 12.8. The van der Waals surface area contributed by atoms with Crippen LogP contribution in [0.3, 0.4) is 0 Å². The van der Waals surface area contributed by atoms with Crippen molar-refractivity contribution >= 4 is 23.6 Å². The second kappa shape index (κ2) is 9.63. The molecule has 4 aliphatic rings.